The predicted molar refractivity (Wildman–Crippen MR) is 187 cm³/mol. The number of aliphatic carboxylic acids is 1. The minimum Gasteiger partial charge on any atom is -0.481 e. The van der Waals surface area contributed by atoms with Crippen molar-refractivity contribution in [1.29, 1.82) is 0 Å². The SMILES string of the molecule is CO[C@H]1CN([C@H]2C[C@@H](CO[C@H]3CC[C@H](C(=O)O)CC3)N(C(=O)Cc3cc(Cl)c(NC(=O)c4cn(C)c5ccccc45)cc3Cl)C2)C[C@H]1OC. The van der Waals surface area contributed by atoms with Gasteiger partial charge >= 0.3 is 5.97 Å². The molecule has 1 aliphatic carbocycles. The number of amides is 2. The molecule has 3 aromatic rings. The predicted octanol–water partition coefficient (Wildman–Crippen LogP) is 5.26. The Morgan fingerprint density at radius 2 is 1.65 bits per heavy atom. The monoisotopic (exact) mass is 714 g/mol. The smallest absolute Gasteiger partial charge is 0.306 e. The first kappa shape index (κ1) is 35.6. The van der Waals surface area contributed by atoms with Gasteiger partial charge in [-0.15, -0.1) is 0 Å². The number of nitrogens with one attached hydrogen (secondary N) is 1. The molecule has 6 rings (SSSR count). The zero-order valence-corrected chi connectivity index (χ0v) is 29.6. The Labute approximate surface area is 296 Å². The molecular weight excluding hydrogens is 671 g/mol. The molecule has 2 aromatic carbocycles. The molecule has 3 fully saturated rings. The zero-order chi connectivity index (χ0) is 34.8. The van der Waals surface area contributed by atoms with Gasteiger partial charge in [0.25, 0.3) is 5.91 Å². The second-order valence-electron chi connectivity index (χ2n) is 13.5. The van der Waals surface area contributed by atoms with E-state index >= 15 is 0 Å². The highest BCUT2D eigenvalue weighted by molar-refractivity contribution is 6.36. The lowest BCUT2D eigenvalue weighted by atomic mass is 9.87. The number of anilines is 1. The quantitative estimate of drug-likeness (QED) is 0.276. The number of hydrogen-bond acceptors (Lipinski definition) is 7. The van der Waals surface area contributed by atoms with Crippen LogP contribution < -0.4 is 5.32 Å². The maximum absolute atomic E-state index is 14.0. The van der Waals surface area contributed by atoms with Crippen LogP contribution in [0.25, 0.3) is 10.9 Å². The molecule has 0 radical (unpaired) electrons. The van der Waals surface area contributed by atoms with E-state index in [2.05, 4.69) is 10.2 Å². The van der Waals surface area contributed by atoms with Gasteiger partial charge in [-0.25, -0.2) is 0 Å². The van der Waals surface area contributed by atoms with E-state index in [-0.39, 0.29) is 59.6 Å². The molecule has 1 aromatic heterocycles. The highest BCUT2D eigenvalue weighted by Crippen LogP contribution is 2.34. The molecule has 2 amide bonds. The largest absolute Gasteiger partial charge is 0.481 e. The highest BCUT2D eigenvalue weighted by Gasteiger charge is 2.43. The number of nitrogens with zero attached hydrogens (tertiary/aromatic N) is 3. The van der Waals surface area contributed by atoms with Gasteiger partial charge in [0.2, 0.25) is 5.91 Å². The number of methoxy groups -OCH3 is 2. The molecule has 49 heavy (non-hydrogen) atoms. The summed E-state index contributed by atoms with van der Waals surface area (Å²) < 4.78 is 19.6. The van der Waals surface area contributed by atoms with Crippen LogP contribution in [0.15, 0.2) is 42.6 Å². The van der Waals surface area contributed by atoms with Gasteiger partial charge in [0.05, 0.1) is 59.6 Å². The highest BCUT2D eigenvalue weighted by atomic mass is 35.5. The first-order valence-corrected chi connectivity index (χ1v) is 17.6. The number of benzene rings is 2. The van der Waals surface area contributed by atoms with Gasteiger partial charge in [0.1, 0.15) is 0 Å². The molecular formula is C36H44Cl2N4O7. The summed E-state index contributed by atoms with van der Waals surface area (Å²) in [5.41, 5.74) is 2.38. The van der Waals surface area contributed by atoms with Gasteiger partial charge < -0.3 is 34.1 Å². The van der Waals surface area contributed by atoms with E-state index in [0.29, 0.717) is 73.8 Å². The number of likely N-dealkylation sites (tertiary alicyclic amines) is 2. The molecule has 3 heterocycles. The summed E-state index contributed by atoms with van der Waals surface area (Å²) in [4.78, 5) is 42.9. The Morgan fingerprint density at radius 3 is 2.33 bits per heavy atom. The number of carbonyl (C=O) groups excluding carboxylic acids is 2. The molecule has 2 N–H and O–H groups in total. The Hall–Kier alpha value is -3.19. The van der Waals surface area contributed by atoms with Crippen molar-refractivity contribution < 1.29 is 33.7 Å². The fraction of sp³-hybridized carbons (Fsp3) is 0.528. The van der Waals surface area contributed by atoms with Crippen LogP contribution in [0.5, 0.6) is 0 Å². The van der Waals surface area contributed by atoms with Gasteiger partial charge in [-0.1, -0.05) is 41.4 Å². The molecule has 0 bridgehead atoms. The van der Waals surface area contributed by atoms with E-state index in [4.69, 9.17) is 37.4 Å². The van der Waals surface area contributed by atoms with Crippen LogP contribution in [-0.4, -0.2) is 108 Å². The van der Waals surface area contributed by atoms with Crippen molar-refractivity contribution in [2.75, 3.05) is 45.8 Å². The third-order valence-electron chi connectivity index (χ3n) is 10.5. The topological polar surface area (TPSA) is 123 Å². The van der Waals surface area contributed by atoms with E-state index in [0.717, 1.165) is 17.3 Å². The van der Waals surface area contributed by atoms with Gasteiger partial charge in [-0.2, -0.15) is 0 Å². The number of halogens is 2. The van der Waals surface area contributed by atoms with Gasteiger partial charge in [-0.3, -0.25) is 19.3 Å². The number of rotatable bonds is 11. The van der Waals surface area contributed by atoms with Crippen molar-refractivity contribution >= 4 is 57.6 Å². The fourth-order valence-electron chi connectivity index (χ4n) is 7.66. The molecule has 11 nitrogen and oxygen atoms in total. The van der Waals surface area contributed by atoms with E-state index in [9.17, 15) is 19.5 Å². The Morgan fingerprint density at radius 1 is 0.959 bits per heavy atom. The minimum absolute atomic E-state index is 0.0287. The number of carboxylic acid groups (broad SMARTS) is 1. The van der Waals surface area contributed by atoms with Crippen LogP contribution in [0.1, 0.15) is 48.0 Å². The summed E-state index contributed by atoms with van der Waals surface area (Å²) >= 11 is 13.4. The Bertz CT molecular complexity index is 1680. The van der Waals surface area contributed by atoms with Crippen LogP contribution in [0.4, 0.5) is 5.69 Å². The normalized spacial score (nSPS) is 26.0. The molecule has 1 saturated carbocycles. The van der Waals surface area contributed by atoms with Crippen molar-refractivity contribution in [3.63, 3.8) is 0 Å². The van der Waals surface area contributed by atoms with Crippen molar-refractivity contribution in [3.05, 3.63) is 63.8 Å². The average molecular weight is 716 g/mol. The standard InChI is InChI=1S/C36H44Cl2N4O7/c1-40-17-27(26-6-4-5-7-31(26)40)35(44)39-30-15-28(37)22(12-29(30)38)13-34(43)42-16-23(41-18-32(47-2)33(19-41)48-3)14-24(42)20-49-25-10-8-21(9-11-25)36(45)46/h4-7,12,15,17,21,23-25,32-33H,8-11,13-14,16,18-20H2,1-3H3,(H,39,44)(H,45,46)/t21-,23-,24-,25-,32-,33+/m0/s1. The number of fused-ring (bicyclic) bond motifs is 1. The summed E-state index contributed by atoms with van der Waals surface area (Å²) in [7, 11) is 5.27. The zero-order valence-electron chi connectivity index (χ0n) is 28.1. The van der Waals surface area contributed by atoms with Crippen molar-refractivity contribution in [2.24, 2.45) is 13.0 Å². The number of hydrogen-bond donors (Lipinski definition) is 2. The van der Waals surface area contributed by atoms with Crippen molar-refractivity contribution in [1.82, 2.24) is 14.4 Å². The van der Waals surface area contributed by atoms with Crippen LogP contribution in [0.3, 0.4) is 0 Å². The second kappa shape index (κ2) is 15.4. The first-order valence-electron chi connectivity index (χ1n) is 16.8. The van der Waals surface area contributed by atoms with E-state index < -0.39 is 5.97 Å². The molecule has 3 aliphatic rings. The summed E-state index contributed by atoms with van der Waals surface area (Å²) in [5, 5.41) is 13.7. The maximum Gasteiger partial charge on any atom is 0.306 e. The summed E-state index contributed by atoms with van der Waals surface area (Å²) in [6.07, 6.45) is 4.99. The molecule has 4 atom stereocenters. The van der Waals surface area contributed by atoms with Gasteiger partial charge in [0.15, 0.2) is 0 Å². The van der Waals surface area contributed by atoms with Crippen LogP contribution in [0.2, 0.25) is 10.0 Å². The average Bonchev–Trinajstić information content (AvgIpc) is 3.81. The van der Waals surface area contributed by atoms with Crippen molar-refractivity contribution in [2.45, 2.75) is 68.9 Å². The van der Waals surface area contributed by atoms with E-state index in [1.54, 1.807) is 32.5 Å². The van der Waals surface area contributed by atoms with Gasteiger partial charge in [-0.05, 0) is 55.9 Å². The number of para-hydroxylation sites is 1. The number of carboxylic acids is 1. The summed E-state index contributed by atoms with van der Waals surface area (Å²) in [6, 6.07) is 10.8. The Balaban J connectivity index is 1.14. The number of carbonyl (C=O) groups is 3. The van der Waals surface area contributed by atoms with Crippen LogP contribution in [0, 0.1) is 5.92 Å². The molecule has 2 saturated heterocycles. The van der Waals surface area contributed by atoms with E-state index in [1.807, 2.05) is 40.8 Å². The third kappa shape index (κ3) is 7.77. The number of ether oxygens (including phenoxy) is 3. The second-order valence-corrected chi connectivity index (χ2v) is 14.3. The maximum atomic E-state index is 14.0. The molecule has 264 valence electrons. The summed E-state index contributed by atoms with van der Waals surface area (Å²) in [6.45, 7) is 2.31. The lowest BCUT2D eigenvalue weighted by Gasteiger charge is -2.30. The number of aryl methyl sites for hydroxylation is 1. The third-order valence-corrected chi connectivity index (χ3v) is 11.2. The Kier molecular flexibility index (Phi) is 11.2. The lowest BCUT2D eigenvalue weighted by molar-refractivity contribution is -0.144. The van der Waals surface area contributed by atoms with Crippen molar-refractivity contribution in [3.8, 4) is 0 Å². The minimum atomic E-state index is -0.748. The lowest BCUT2D eigenvalue weighted by Crippen LogP contribution is -2.41. The molecule has 0 spiro atoms. The van der Waals surface area contributed by atoms with Crippen LogP contribution >= 0.6 is 23.2 Å². The van der Waals surface area contributed by atoms with E-state index in [1.165, 1.54) is 0 Å². The molecule has 13 heteroatoms. The van der Waals surface area contributed by atoms with Crippen LogP contribution in [-0.2, 0) is 37.3 Å². The molecule has 0 unspecified atom stereocenters. The molecule has 2 aliphatic heterocycles. The first-order chi connectivity index (χ1) is 23.6. The fourth-order valence-corrected chi connectivity index (χ4v) is 8.13. The van der Waals surface area contributed by atoms with Gasteiger partial charge in [0, 0.05) is 69.1 Å². The summed E-state index contributed by atoms with van der Waals surface area (Å²) in [5.74, 6) is -1.47. The number of aromatic nitrogens is 1.